The van der Waals surface area contributed by atoms with E-state index in [1.165, 1.54) is 5.56 Å². The quantitative estimate of drug-likeness (QED) is 0.758. The van der Waals surface area contributed by atoms with Crippen molar-refractivity contribution < 1.29 is 4.79 Å². The lowest BCUT2D eigenvalue weighted by molar-refractivity contribution is 0.262. The van der Waals surface area contributed by atoms with Crippen molar-refractivity contribution in [1.29, 1.82) is 0 Å². The molecule has 106 valence electrons. The van der Waals surface area contributed by atoms with Gasteiger partial charge in [-0.3, -0.25) is 0 Å². The van der Waals surface area contributed by atoms with Crippen molar-refractivity contribution in [3.8, 4) is 0 Å². The van der Waals surface area contributed by atoms with Crippen LogP contribution in [-0.2, 0) is 0 Å². The molecule has 1 aromatic carbocycles. The predicted molar refractivity (Wildman–Crippen MR) is 81.5 cm³/mol. The molecule has 6 nitrogen and oxygen atoms in total. The number of rotatable bonds is 2. The number of aromatic nitrogens is 3. The Kier molecular flexibility index (Phi) is 3.27. The van der Waals surface area contributed by atoms with Crippen LogP contribution in [0.3, 0.4) is 0 Å². The molecule has 0 atom stereocenters. The van der Waals surface area contributed by atoms with Gasteiger partial charge in [-0.2, -0.15) is 5.10 Å². The average Bonchev–Trinajstić information content (AvgIpc) is 2.90. The van der Waals surface area contributed by atoms with Gasteiger partial charge in [0.15, 0.2) is 5.65 Å². The fraction of sp³-hybridized carbons (Fsp3) is 0.133. The van der Waals surface area contributed by atoms with Gasteiger partial charge in [0.25, 0.3) is 0 Å². The second-order valence-corrected chi connectivity index (χ2v) is 4.85. The summed E-state index contributed by atoms with van der Waals surface area (Å²) in [5.74, 6) is 0. The van der Waals surface area contributed by atoms with Gasteiger partial charge in [0, 0.05) is 11.8 Å². The van der Waals surface area contributed by atoms with E-state index in [1.54, 1.807) is 29.2 Å². The van der Waals surface area contributed by atoms with Crippen LogP contribution >= 0.6 is 0 Å². The summed E-state index contributed by atoms with van der Waals surface area (Å²) in [5, 5.41) is 9.60. The Morgan fingerprint density at radius 2 is 1.90 bits per heavy atom. The van der Waals surface area contributed by atoms with Gasteiger partial charge < -0.3 is 10.6 Å². The summed E-state index contributed by atoms with van der Waals surface area (Å²) >= 11 is 0. The van der Waals surface area contributed by atoms with Crippen molar-refractivity contribution in [2.24, 2.45) is 0 Å². The van der Waals surface area contributed by atoms with E-state index >= 15 is 0 Å². The van der Waals surface area contributed by atoms with Crippen molar-refractivity contribution in [1.82, 2.24) is 14.6 Å². The number of nitrogens with zero attached hydrogens (tertiary/aromatic N) is 3. The number of urea groups is 1. The highest BCUT2D eigenvalue weighted by molar-refractivity contribution is 5.99. The van der Waals surface area contributed by atoms with Gasteiger partial charge in [0.2, 0.25) is 0 Å². The topological polar surface area (TPSA) is 71.3 Å². The lowest BCUT2D eigenvalue weighted by atomic mass is 10.1. The van der Waals surface area contributed by atoms with Gasteiger partial charge in [-0.1, -0.05) is 6.07 Å². The first-order chi connectivity index (χ1) is 10.1. The van der Waals surface area contributed by atoms with Crippen LogP contribution in [0.2, 0.25) is 0 Å². The molecule has 3 aromatic rings. The minimum atomic E-state index is -0.313. The number of aryl methyl sites for hydroxylation is 2. The van der Waals surface area contributed by atoms with Gasteiger partial charge >= 0.3 is 6.03 Å². The summed E-state index contributed by atoms with van der Waals surface area (Å²) < 4.78 is 1.60. The molecule has 0 bridgehead atoms. The van der Waals surface area contributed by atoms with Crippen molar-refractivity contribution in [2.45, 2.75) is 13.8 Å². The SMILES string of the molecule is Cc1ccc(NC(=O)Nc2cnc3ccnn3c2)cc1C. The minimum Gasteiger partial charge on any atom is -0.308 e. The van der Waals surface area contributed by atoms with Crippen molar-refractivity contribution in [3.63, 3.8) is 0 Å². The molecule has 0 unspecified atom stereocenters. The van der Waals surface area contributed by atoms with Crippen LogP contribution in [0.1, 0.15) is 11.1 Å². The smallest absolute Gasteiger partial charge is 0.308 e. The van der Waals surface area contributed by atoms with Crippen LogP contribution in [0.25, 0.3) is 5.65 Å². The molecule has 0 aliphatic heterocycles. The van der Waals surface area contributed by atoms with E-state index < -0.39 is 0 Å². The molecule has 0 spiro atoms. The Labute approximate surface area is 121 Å². The lowest BCUT2D eigenvalue weighted by Crippen LogP contribution is -2.20. The third-order valence-corrected chi connectivity index (χ3v) is 3.27. The molecule has 0 aliphatic carbocycles. The third-order valence-electron chi connectivity index (χ3n) is 3.27. The van der Waals surface area contributed by atoms with Gasteiger partial charge in [-0.15, -0.1) is 0 Å². The zero-order valence-corrected chi connectivity index (χ0v) is 11.8. The first-order valence-electron chi connectivity index (χ1n) is 6.56. The zero-order chi connectivity index (χ0) is 14.8. The van der Waals surface area contributed by atoms with E-state index in [4.69, 9.17) is 0 Å². The van der Waals surface area contributed by atoms with E-state index in [9.17, 15) is 4.79 Å². The molecule has 0 aliphatic rings. The van der Waals surface area contributed by atoms with Crippen LogP contribution in [0.5, 0.6) is 0 Å². The van der Waals surface area contributed by atoms with E-state index in [2.05, 4.69) is 20.7 Å². The second kappa shape index (κ2) is 5.24. The highest BCUT2D eigenvalue weighted by Crippen LogP contribution is 2.14. The lowest BCUT2D eigenvalue weighted by Gasteiger charge is -2.09. The van der Waals surface area contributed by atoms with Crippen LogP contribution in [-0.4, -0.2) is 20.6 Å². The number of hydrogen-bond donors (Lipinski definition) is 2. The van der Waals surface area contributed by atoms with Crippen molar-refractivity contribution in [3.05, 3.63) is 54.0 Å². The maximum Gasteiger partial charge on any atom is 0.323 e. The highest BCUT2D eigenvalue weighted by Gasteiger charge is 2.05. The van der Waals surface area contributed by atoms with Crippen LogP contribution in [0.4, 0.5) is 16.2 Å². The number of carbonyl (C=O) groups excluding carboxylic acids is 1. The minimum absolute atomic E-state index is 0.313. The predicted octanol–water partition coefficient (Wildman–Crippen LogP) is 2.99. The molecule has 2 amide bonds. The van der Waals surface area contributed by atoms with E-state index in [-0.39, 0.29) is 6.03 Å². The largest absolute Gasteiger partial charge is 0.323 e. The van der Waals surface area contributed by atoms with E-state index in [0.29, 0.717) is 5.69 Å². The first-order valence-corrected chi connectivity index (χ1v) is 6.56. The number of amides is 2. The van der Waals surface area contributed by atoms with Gasteiger partial charge in [-0.05, 0) is 37.1 Å². The number of carbonyl (C=O) groups is 1. The van der Waals surface area contributed by atoms with Crippen molar-refractivity contribution >= 4 is 23.1 Å². The molecule has 2 heterocycles. The summed E-state index contributed by atoms with van der Waals surface area (Å²) in [5.41, 5.74) is 4.38. The fourth-order valence-corrected chi connectivity index (χ4v) is 1.99. The molecule has 2 N–H and O–H groups in total. The number of benzene rings is 1. The van der Waals surface area contributed by atoms with Crippen LogP contribution < -0.4 is 10.6 Å². The summed E-state index contributed by atoms with van der Waals surface area (Å²) in [6.07, 6.45) is 4.96. The molecule has 0 fully saturated rings. The van der Waals surface area contributed by atoms with E-state index in [1.807, 2.05) is 32.0 Å². The maximum absolute atomic E-state index is 12.0. The van der Waals surface area contributed by atoms with Crippen LogP contribution in [0, 0.1) is 13.8 Å². The Bertz CT molecular complexity index is 809. The van der Waals surface area contributed by atoms with Gasteiger partial charge in [-0.25, -0.2) is 14.3 Å². The van der Waals surface area contributed by atoms with Gasteiger partial charge in [0.1, 0.15) is 0 Å². The van der Waals surface area contributed by atoms with Crippen molar-refractivity contribution in [2.75, 3.05) is 10.6 Å². The fourth-order valence-electron chi connectivity index (χ4n) is 1.99. The number of nitrogens with one attached hydrogen (secondary N) is 2. The maximum atomic E-state index is 12.0. The van der Waals surface area contributed by atoms with E-state index in [0.717, 1.165) is 16.9 Å². The monoisotopic (exact) mass is 281 g/mol. The molecule has 0 radical (unpaired) electrons. The summed E-state index contributed by atoms with van der Waals surface area (Å²) in [4.78, 5) is 16.2. The normalized spacial score (nSPS) is 10.6. The summed E-state index contributed by atoms with van der Waals surface area (Å²) in [7, 11) is 0. The zero-order valence-electron chi connectivity index (χ0n) is 11.8. The standard InChI is InChI=1S/C15H15N5O/c1-10-3-4-12(7-11(10)2)18-15(21)19-13-8-16-14-5-6-17-20(14)9-13/h3-9H,1-2H3,(H2,18,19,21). The number of hydrogen-bond acceptors (Lipinski definition) is 3. The molecule has 21 heavy (non-hydrogen) atoms. The second-order valence-electron chi connectivity index (χ2n) is 4.85. The molecule has 6 heteroatoms. The summed E-state index contributed by atoms with van der Waals surface area (Å²) in [6.45, 7) is 4.04. The average molecular weight is 281 g/mol. The van der Waals surface area contributed by atoms with Crippen LogP contribution in [0.15, 0.2) is 42.9 Å². The third kappa shape index (κ3) is 2.84. The Morgan fingerprint density at radius 3 is 2.71 bits per heavy atom. The molecule has 3 rings (SSSR count). The Hall–Kier alpha value is -2.89. The molecule has 0 saturated heterocycles. The molecule has 0 saturated carbocycles. The Morgan fingerprint density at radius 1 is 1.10 bits per heavy atom. The number of fused-ring (bicyclic) bond motifs is 1. The first kappa shape index (κ1) is 13.1. The summed E-state index contributed by atoms with van der Waals surface area (Å²) in [6, 6.07) is 7.26. The molecule has 2 aromatic heterocycles. The van der Waals surface area contributed by atoms with Gasteiger partial charge in [0.05, 0.1) is 24.3 Å². The molecular weight excluding hydrogens is 266 g/mol. The number of anilines is 2. The molecular formula is C15H15N5O. The Balaban J connectivity index is 1.71. The highest BCUT2D eigenvalue weighted by atomic mass is 16.2.